The number of benzene rings is 2. The number of aliphatic hydroxyl groups is 1. The van der Waals surface area contributed by atoms with Crippen LogP contribution in [0, 0.1) is 6.92 Å². The number of ether oxygens (including phenoxy) is 2. The van der Waals surface area contributed by atoms with Gasteiger partial charge in [0.25, 0.3) is 0 Å². The van der Waals surface area contributed by atoms with Crippen LogP contribution < -0.4 is 14.8 Å². The second-order valence-corrected chi connectivity index (χ2v) is 9.21. The maximum atomic E-state index is 12.8. The summed E-state index contributed by atoms with van der Waals surface area (Å²) in [7, 11) is 3.22. The number of ketones is 1. The van der Waals surface area contributed by atoms with E-state index in [-0.39, 0.29) is 11.7 Å². The molecule has 2 atom stereocenters. The van der Waals surface area contributed by atoms with Crippen LogP contribution in [0.1, 0.15) is 66.1 Å². The summed E-state index contributed by atoms with van der Waals surface area (Å²) in [6, 6.07) is 12.3. The summed E-state index contributed by atoms with van der Waals surface area (Å²) in [5.74, 6) is 1.44. The molecule has 0 bridgehead atoms. The minimum atomic E-state index is -0.819. The van der Waals surface area contributed by atoms with Crippen LogP contribution in [-0.4, -0.2) is 61.6 Å². The van der Waals surface area contributed by atoms with Crippen LogP contribution in [-0.2, 0) is 4.79 Å². The molecule has 1 saturated heterocycles. The Labute approximate surface area is 208 Å². The second-order valence-electron chi connectivity index (χ2n) is 9.21. The third-order valence-electron chi connectivity index (χ3n) is 6.61. The third kappa shape index (κ3) is 7.80. The van der Waals surface area contributed by atoms with Crippen molar-refractivity contribution < 1.29 is 24.2 Å². The van der Waals surface area contributed by atoms with E-state index >= 15 is 0 Å². The number of aryl methyl sites for hydroxylation is 1. The molecule has 3 rings (SSSR count). The summed E-state index contributed by atoms with van der Waals surface area (Å²) >= 11 is 0. The van der Waals surface area contributed by atoms with E-state index in [9.17, 15) is 14.7 Å². The maximum Gasteiger partial charge on any atom is 0.220 e. The second kappa shape index (κ2) is 13.3. The number of hydrogen-bond acceptors (Lipinski definition) is 6. The topological polar surface area (TPSA) is 88.1 Å². The molecule has 7 nitrogen and oxygen atoms in total. The van der Waals surface area contributed by atoms with Gasteiger partial charge in [-0.05, 0) is 93.2 Å². The molecule has 1 amide bonds. The van der Waals surface area contributed by atoms with Gasteiger partial charge in [0.05, 0.1) is 20.3 Å². The molecule has 2 N–H and O–H groups in total. The fourth-order valence-electron chi connectivity index (χ4n) is 4.56. The Morgan fingerprint density at radius 2 is 1.69 bits per heavy atom. The van der Waals surface area contributed by atoms with E-state index < -0.39 is 12.1 Å². The van der Waals surface area contributed by atoms with Crippen molar-refractivity contribution in [3.63, 3.8) is 0 Å². The Kier molecular flexibility index (Phi) is 10.1. The van der Waals surface area contributed by atoms with Crippen molar-refractivity contribution in [2.45, 2.75) is 57.6 Å². The molecule has 1 aliphatic rings. The largest absolute Gasteiger partial charge is 0.497 e. The number of carbonyl (C=O) groups is 2. The highest BCUT2D eigenvalue weighted by Gasteiger charge is 2.27. The summed E-state index contributed by atoms with van der Waals surface area (Å²) in [4.78, 5) is 27.4. The number of methoxy groups -OCH3 is 2. The summed E-state index contributed by atoms with van der Waals surface area (Å²) in [5, 5.41) is 14.2. The first-order valence-corrected chi connectivity index (χ1v) is 12.4. The standard InChI is InChI=1S/C28H38N2O5/c1-20-18-22(12-15-26(20)35-3)28(33)24(19-30-16-6-7-17-30)29-27(32)9-5-4-8-25(31)21-10-13-23(34-2)14-11-21/h10-15,18,24,28,33H,4-9,16-17,19H2,1-3H3,(H,29,32). The SMILES string of the molecule is COc1ccc(C(=O)CCCCC(=O)NC(CN2CCCC2)C(O)c2ccc(OC)c(C)c2)cc1. The molecule has 7 heteroatoms. The highest BCUT2D eigenvalue weighted by molar-refractivity contribution is 5.96. The number of nitrogens with zero attached hydrogens (tertiary/aromatic N) is 1. The zero-order chi connectivity index (χ0) is 25.2. The lowest BCUT2D eigenvalue weighted by molar-refractivity contribution is -0.123. The van der Waals surface area contributed by atoms with Crippen molar-refractivity contribution in [2.24, 2.45) is 0 Å². The van der Waals surface area contributed by atoms with Gasteiger partial charge in [-0.2, -0.15) is 0 Å². The molecule has 0 aromatic heterocycles. The Morgan fingerprint density at radius 3 is 2.31 bits per heavy atom. The van der Waals surface area contributed by atoms with Crippen LogP contribution in [0.15, 0.2) is 42.5 Å². The first-order valence-electron chi connectivity index (χ1n) is 12.4. The van der Waals surface area contributed by atoms with Gasteiger partial charge in [-0.15, -0.1) is 0 Å². The molecule has 1 fully saturated rings. The van der Waals surface area contributed by atoms with Crippen molar-refractivity contribution in [3.05, 3.63) is 59.2 Å². The highest BCUT2D eigenvalue weighted by Crippen LogP contribution is 2.25. The minimum Gasteiger partial charge on any atom is -0.497 e. The predicted molar refractivity (Wildman–Crippen MR) is 136 cm³/mol. The highest BCUT2D eigenvalue weighted by atomic mass is 16.5. The smallest absolute Gasteiger partial charge is 0.220 e. The number of aliphatic hydroxyl groups excluding tert-OH is 1. The van der Waals surface area contributed by atoms with Gasteiger partial charge < -0.3 is 24.8 Å². The van der Waals surface area contributed by atoms with E-state index in [0.717, 1.165) is 42.8 Å². The molecule has 1 heterocycles. The van der Waals surface area contributed by atoms with Crippen LogP contribution in [0.4, 0.5) is 0 Å². The van der Waals surface area contributed by atoms with Crippen LogP contribution in [0.2, 0.25) is 0 Å². The van der Waals surface area contributed by atoms with Gasteiger partial charge >= 0.3 is 0 Å². The summed E-state index contributed by atoms with van der Waals surface area (Å²) in [6.07, 6.45) is 3.42. The fourth-order valence-corrected chi connectivity index (χ4v) is 4.56. The van der Waals surface area contributed by atoms with E-state index in [1.807, 2.05) is 25.1 Å². The number of unbranched alkanes of at least 4 members (excludes halogenated alkanes) is 1. The molecule has 35 heavy (non-hydrogen) atoms. The van der Waals surface area contributed by atoms with E-state index in [2.05, 4.69) is 10.2 Å². The number of amides is 1. The average Bonchev–Trinajstić information content (AvgIpc) is 3.39. The van der Waals surface area contributed by atoms with Gasteiger partial charge in [-0.1, -0.05) is 6.07 Å². The predicted octanol–water partition coefficient (Wildman–Crippen LogP) is 4.07. The van der Waals surface area contributed by atoms with Crippen molar-refractivity contribution in [1.29, 1.82) is 0 Å². The zero-order valence-corrected chi connectivity index (χ0v) is 21.1. The molecular formula is C28H38N2O5. The number of carbonyl (C=O) groups excluding carboxylic acids is 2. The third-order valence-corrected chi connectivity index (χ3v) is 6.61. The minimum absolute atomic E-state index is 0.0604. The van der Waals surface area contributed by atoms with Gasteiger partial charge in [-0.3, -0.25) is 9.59 Å². The molecule has 0 aliphatic carbocycles. The lowest BCUT2D eigenvalue weighted by Crippen LogP contribution is -2.46. The molecule has 0 radical (unpaired) electrons. The quantitative estimate of drug-likeness (QED) is 0.331. The van der Waals surface area contributed by atoms with Crippen LogP contribution in [0.3, 0.4) is 0 Å². The number of likely N-dealkylation sites (tertiary alicyclic amines) is 1. The van der Waals surface area contributed by atoms with E-state index in [1.54, 1.807) is 38.5 Å². The number of rotatable bonds is 13. The van der Waals surface area contributed by atoms with Gasteiger partial charge in [0, 0.05) is 24.9 Å². The first kappa shape index (κ1) is 26.7. The molecular weight excluding hydrogens is 444 g/mol. The molecule has 2 aromatic rings. The lowest BCUT2D eigenvalue weighted by atomic mass is 9.99. The van der Waals surface area contributed by atoms with Crippen LogP contribution >= 0.6 is 0 Å². The normalized spacial score (nSPS) is 15.4. The lowest BCUT2D eigenvalue weighted by Gasteiger charge is -2.29. The first-order chi connectivity index (χ1) is 16.9. The van der Waals surface area contributed by atoms with Crippen molar-refractivity contribution in [3.8, 4) is 11.5 Å². The van der Waals surface area contributed by atoms with Crippen LogP contribution in [0.25, 0.3) is 0 Å². The Hall–Kier alpha value is -2.90. The van der Waals surface area contributed by atoms with E-state index in [1.165, 1.54) is 0 Å². The van der Waals surface area contributed by atoms with Gasteiger partial charge in [0.15, 0.2) is 5.78 Å². The molecule has 1 aliphatic heterocycles. The average molecular weight is 483 g/mol. The molecule has 0 saturated carbocycles. The Bertz CT molecular complexity index is 970. The van der Waals surface area contributed by atoms with E-state index in [4.69, 9.17) is 9.47 Å². The zero-order valence-electron chi connectivity index (χ0n) is 21.1. The summed E-state index contributed by atoms with van der Waals surface area (Å²) < 4.78 is 10.5. The summed E-state index contributed by atoms with van der Waals surface area (Å²) in [5.41, 5.74) is 2.36. The number of nitrogens with one attached hydrogen (secondary N) is 1. The Balaban J connectivity index is 1.52. The van der Waals surface area contributed by atoms with Gasteiger partial charge in [-0.25, -0.2) is 0 Å². The maximum absolute atomic E-state index is 12.8. The fraction of sp³-hybridized carbons (Fsp3) is 0.500. The van der Waals surface area contributed by atoms with E-state index in [0.29, 0.717) is 43.5 Å². The molecule has 2 unspecified atom stereocenters. The molecule has 0 spiro atoms. The molecule has 2 aromatic carbocycles. The van der Waals surface area contributed by atoms with Gasteiger partial charge in [0.2, 0.25) is 5.91 Å². The summed E-state index contributed by atoms with van der Waals surface area (Å²) in [6.45, 7) is 4.51. The number of hydrogen-bond donors (Lipinski definition) is 2. The van der Waals surface area contributed by atoms with Crippen molar-refractivity contribution >= 4 is 11.7 Å². The van der Waals surface area contributed by atoms with Crippen molar-refractivity contribution in [2.75, 3.05) is 33.9 Å². The van der Waals surface area contributed by atoms with Crippen LogP contribution in [0.5, 0.6) is 11.5 Å². The Morgan fingerprint density at radius 1 is 1.00 bits per heavy atom. The van der Waals surface area contributed by atoms with Gasteiger partial charge in [0.1, 0.15) is 17.6 Å². The van der Waals surface area contributed by atoms with Crippen molar-refractivity contribution in [1.82, 2.24) is 10.2 Å². The number of Topliss-reactive ketones (excluding diaryl/α,β-unsaturated/α-hetero) is 1. The monoisotopic (exact) mass is 482 g/mol. The molecule has 190 valence electrons.